The molecule has 3 N–H and O–H groups in total. The number of nitrogens with zero attached hydrogens (tertiary/aromatic N) is 2. The molecular weight excluding hydrogens is 242 g/mol. The van der Waals surface area contributed by atoms with E-state index < -0.39 is 16.6 Å². The average Bonchev–Trinajstić information content (AvgIpc) is 2.29. The first-order valence-electron chi connectivity index (χ1n) is 5.20. The first-order valence-corrected chi connectivity index (χ1v) is 5.20. The fourth-order valence-corrected chi connectivity index (χ4v) is 1.32. The molecule has 0 amide bonds. The SMILES string of the molecule is CC(CCO)Nc1ncc(C(=O)O)cc1[N+](=O)[O-]. The van der Waals surface area contributed by atoms with Crippen LogP contribution in [0.15, 0.2) is 12.3 Å². The Kier molecular flexibility index (Phi) is 4.55. The van der Waals surface area contributed by atoms with Gasteiger partial charge in [0.2, 0.25) is 5.82 Å². The number of hydrogen-bond donors (Lipinski definition) is 3. The second-order valence-corrected chi connectivity index (χ2v) is 3.71. The van der Waals surface area contributed by atoms with Crippen molar-refractivity contribution in [1.29, 1.82) is 0 Å². The number of aromatic carboxylic acids is 1. The third kappa shape index (κ3) is 3.39. The lowest BCUT2D eigenvalue weighted by atomic mass is 10.2. The van der Waals surface area contributed by atoms with Crippen molar-refractivity contribution in [2.75, 3.05) is 11.9 Å². The van der Waals surface area contributed by atoms with Crippen LogP contribution in [0.4, 0.5) is 11.5 Å². The number of nitrogens with one attached hydrogen (secondary N) is 1. The molecule has 0 fully saturated rings. The number of aliphatic hydroxyl groups is 1. The van der Waals surface area contributed by atoms with E-state index in [2.05, 4.69) is 10.3 Å². The molecule has 0 saturated carbocycles. The van der Waals surface area contributed by atoms with E-state index in [-0.39, 0.29) is 24.0 Å². The molecular formula is C10H13N3O5. The Morgan fingerprint density at radius 1 is 1.67 bits per heavy atom. The van der Waals surface area contributed by atoms with E-state index in [1.807, 2.05) is 0 Å². The summed E-state index contributed by atoms with van der Waals surface area (Å²) in [7, 11) is 0. The highest BCUT2D eigenvalue weighted by Gasteiger charge is 2.19. The Hall–Kier alpha value is -2.22. The fraction of sp³-hybridized carbons (Fsp3) is 0.400. The van der Waals surface area contributed by atoms with Crippen LogP contribution in [0.5, 0.6) is 0 Å². The Bertz CT molecular complexity index is 463. The van der Waals surface area contributed by atoms with Gasteiger partial charge in [-0.25, -0.2) is 9.78 Å². The van der Waals surface area contributed by atoms with E-state index in [9.17, 15) is 14.9 Å². The van der Waals surface area contributed by atoms with Crippen molar-refractivity contribution >= 4 is 17.5 Å². The van der Waals surface area contributed by atoms with Crippen LogP contribution in [0.25, 0.3) is 0 Å². The van der Waals surface area contributed by atoms with Gasteiger partial charge in [0, 0.05) is 24.9 Å². The Morgan fingerprint density at radius 2 is 2.33 bits per heavy atom. The van der Waals surface area contributed by atoms with E-state index in [4.69, 9.17) is 10.2 Å². The molecule has 18 heavy (non-hydrogen) atoms. The summed E-state index contributed by atoms with van der Waals surface area (Å²) in [5, 5.41) is 31.0. The summed E-state index contributed by atoms with van der Waals surface area (Å²) in [6.45, 7) is 1.67. The highest BCUT2D eigenvalue weighted by molar-refractivity contribution is 5.88. The van der Waals surface area contributed by atoms with Gasteiger partial charge in [0.05, 0.1) is 10.5 Å². The Morgan fingerprint density at radius 3 is 2.83 bits per heavy atom. The van der Waals surface area contributed by atoms with Crippen LogP contribution in [0.3, 0.4) is 0 Å². The van der Waals surface area contributed by atoms with E-state index in [0.717, 1.165) is 12.3 Å². The summed E-state index contributed by atoms with van der Waals surface area (Å²) in [5.41, 5.74) is -0.651. The molecule has 0 aromatic carbocycles. The second-order valence-electron chi connectivity index (χ2n) is 3.71. The molecule has 0 radical (unpaired) electrons. The van der Waals surface area contributed by atoms with Crippen LogP contribution >= 0.6 is 0 Å². The van der Waals surface area contributed by atoms with Crippen LogP contribution in [-0.2, 0) is 0 Å². The maximum absolute atomic E-state index is 10.8. The first-order chi connectivity index (χ1) is 8.45. The van der Waals surface area contributed by atoms with E-state index in [1.54, 1.807) is 6.92 Å². The van der Waals surface area contributed by atoms with Gasteiger partial charge >= 0.3 is 11.7 Å². The monoisotopic (exact) mass is 255 g/mol. The molecule has 0 aliphatic rings. The number of carboxylic acids is 1. The van der Waals surface area contributed by atoms with Crippen LogP contribution < -0.4 is 5.32 Å². The van der Waals surface area contributed by atoms with Gasteiger partial charge < -0.3 is 15.5 Å². The van der Waals surface area contributed by atoms with Crippen molar-refractivity contribution in [1.82, 2.24) is 4.98 Å². The molecule has 1 rings (SSSR count). The largest absolute Gasteiger partial charge is 0.478 e. The molecule has 1 heterocycles. The van der Waals surface area contributed by atoms with Gasteiger partial charge in [-0.05, 0) is 13.3 Å². The number of nitro groups is 1. The molecule has 0 aliphatic heterocycles. The number of carbonyl (C=O) groups is 1. The number of hydrogen-bond acceptors (Lipinski definition) is 6. The first kappa shape index (κ1) is 13.8. The van der Waals surface area contributed by atoms with Crippen molar-refractivity contribution < 1.29 is 19.9 Å². The van der Waals surface area contributed by atoms with Gasteiger partial charge in [0.15, 0.2) is 0 Å². The Balaban J connectivity index is 3.04. The topological polar surface area (TPSA) is 126 Å². The minimum Gasteiger partial charge on any atom is -0.478 e. The fourth-order valence-electron chi connectivity index (χ4n) is 1.32. The standard InChI is InChI=1S/C10H13N3O5/c1-6(2-3-14)12-9-8(13(17)18)4-7(5-11-9)10(15)16/h4-6,14H,2-3H2,1H3,(H,11,12)(H,15,16). The summed E-state index contributed by atoms with van der Waals surface area (Å²) in [6.07, 6.45) is 1.45. The lowest BCUT2D eigenvalue weighted by Gasteiger charge is -2.13. The smallest absolute Gasteiger partial charge is 0.337 e. The molecule has 0 spiro atoms. The molecule has 1 unspecified atom stereocenters. The van der Waals surface area contributed by atoms with Gasteiger partial charge in [-0.15, -0.1) is 0 Å². The van der Waals surface area contributed by atoms with E-state index in [1.165, 1.54) is 0 Å². The molecule has 1 atom stereocenters. The Labute approximate surface area is 102 Å². The predicted molar refractivity (Wildman–Crippen MR) is 62.6 cm³/mol. The lowest BCUT2D eigenvalue weighted by Crippen LogP contribution is -2.18. The molecule has 0 bridgehead atoms. The highest BCUT2D eigenvalue weighted by Crippen LogP contribution is 2.23. The quantitative estimate of drug-likeness (QED) is 0.508. The summed E-state index contributed by atoms with van der Waals surface area (Å²) < 4.78 is 0. The van der Waals surface area contributed by atoms with Gasteiger partial charge in [0.1, 0.15) is 0 Å². The summed E-state index contributed by atoms with van der Waals surface area (Å²) in [4.78, 5) is 24.5. The number of rotatable bonds is 6. The van der Waals surface area contributed by atoms with Crippen molar-refractivity contribution in [3.63, 3.8) is 0 Å². The second kappa shape index (κ2) is 5.92. The van der Waals surface area contributed by atoms with Crippen LogP contribution in [0.1, 0.15) is 23.7 Å². The van der Waals surface area contributed by atoms with Crippen LogP contribution in [0.2, 0.25) is 0 Å². The number of anilines is 1. The lowest BCUT2D eigenvalue weighted by molar-refractivity contribution is -0.384. The summed E-state index contributed by atoms with van der Waals surface area (Å²) in [5.74, 6) is -1.29. The third-order valence-electron chi connectivity index (χ3n) is 2.26. The molecule has 98 valence electrons. The zero-order valence-corrected chi connectivity index (χ0v) is 9.66. The van der Waals surface area contributed by atoms with Crippen LogP contribution in [0, 0.1) is 10.1 Å². The zero-order valence-electron chi connectivity index (χ0n) is 9.66. The van der Waals surface area contributed by atoms with Gasteiger partial charge in [-0.2, -0.15) is 0 Å². The third-order valence-corrected chi connectivity index (χ3v) is 2.26. The van der Waals surface area contributed by atoms with Gasteiger partial charge in [-0.3, -0.25) is 10.1 Å². The highest BCUT2D eigenvalue weighted by atomic mass is 16.6. The minimum atomic E-state index is -1.28. The maximum Gasteiger partial charge on any atom is 0.337 e. The number of pyridine rings is 1. The predicted octanol–water partition coefficient (Wildman–Crippen LogP) is 0.871. The van der Waals surface area contributed by atoms with Crippen LogP contribution in [-0.4, -0.2) is 38.7 Å². The van der Waals surface area contributed by atoms with Crippen molar-refractivity contribution in [3.8, 4) is 0 Å². The maximum atomic E-state index is 10.8. The average molecular weight is 255 g/mol. The number of aliphatic hydroxyl groups excluding tert-OH is 1. The number of carboxylic acid groups (broad SMARTS) is 1. The molecule has 1 aromatic heterocycles. The molecule has 1 aromatic rings. The van der Waals surface area contributed by atoms with Crippen molar-refractivity contribution in [2.45, 2.75) is 19.4 Å². The molecule has 8 heteroatoms. The van der Waals surface area contributed by atoms with Crippen molar-refractivity contribution in [2.24, 2.45) is 0 Å². The van der Waals surface area contributed by atoms with E-state index in [0.29, 0.717) is 6.42 Å². The zero-order chi connectivity index (χ0) is 13.7. The summed E-state index contributed by atoms with van der Waals surface area (Å²) in [6, 6.07) is 0.737. The van der Waals surface area contributed by atoms with Gasteiger partial charge in [0.25, 0.3) is 0 Å². The normalized spacial score (nSPS) is 11.9. The summed E-state index contributed by atoms with van der Waals surface area (Å²) >= 11 is 0. The molecule has 0 saturated heterocycles. The molecule has 0 aliphatic carbocycles. The van der Waals surface area contributed by atoms with Gasteiger partial charge in [-0.1, -0.05) is 0 Å². The number of aromatic nitrogens is 1. The van der Waals surface area contributed by atoms with Crippen molar-refractivity contribution in [3.05, 3.63) is 27.9 Å². The van der Waals surface area contributed by atoms with E-state index >= 15 is 0 Å². The molecule has 8 nitrogen and oxygen atoms in total. The minimum absolute atomic E-state index is 0.00838.